The van der Waals surface area contributed by atoms with E-state index >= 15 is 0 Å². The maximum atomic E-state index is 12.2. The monoisotopic (exact) mass is 399 g/mol. The van der Waals surface area contributed by atoms with Crippen LogP contribution in [0.15, 0.2) is 48.5 Å². The summed E-state index contributed by atoms with van der Waals surface area (Å²) in [7, 11) is 0. The van der Waals surface area contributed by atoms with Gasteiger partial charge in [0, 0.05) is 37.6 Å². The largest absolute Gasteiger partial charge is 0.478 e. The number of rotatable bonds is 10. The number of amides is 3. The lowest BCUT2D eigenvalue weighted by molar-refractivity contribution is 0.0696. The van der Waals surface area contributed by atoms with Crippen LogP contribution in [0.5, 0.6) is 0 Å². The minimum absolute atomic E-state index is 0.186. The molecule has 0 spiro atoms. The van der Waals surface area contributed by atoms with Crippen LogP contribution in [0.25, 0.3) is 0 Å². The van der Waals surface area contributed by atoms with E-state index in [1.807, 2.05) is 6.92 Å². The van der Waals surface area contributed by atoms with E-state index in [9.17, 15) is 14.4 Å². The summed E-state index contributed by atoms with van der Waals surface area (Å²) in [5.74, 6) is -1.22. The minimum atomic E-state index is -1.000. The van der Waals surface area contributed by atoms with Crippen molar-refractivity contribution < 1.29 is 24.2 Å². The molecular formula is C21H25N3O5. The van der Waals surface area contributed by atoms with Crippen LogP contribution in [0.4, 0.5) is 10.5 Å². The van der Waals surface area contributed by atoms with Crippen molar-refractivity contribution in [1.82, 2.24) is 10.6 Å². The molecule has 29 heavy (non-hydrogen) atoms. The second-order valence-corrected chi connectivity index (χ2v) is 6.20. The summed E-state index contributed by atoms with van der Waals surface area (Å²) in [4.78, 5) is 35.1. The first-order valence-corrected chi connectivity index (χ1v) is 9.32. The third-order valence-corrected chi connectivity index (χ3v) is 3.99. The molecule has 154 valence electrons. The van der Waals surface area contributed by atoms with Gasteiger partial charge in [-0.2, -0.15) is 0 Å². The Hall–Kier alpha value is -3.39. The number of hydrogen-bond donors (Lipinski definition) is 4. The first-order chi connectivity index (χ1) is 14.0. The van der Waals surface area contributed by atoms with Crippen molar-refractivity contribution in [3.05, 3.63) is 65.2 Å². The molecule has 2 aromatic carbocycles. The second-order valence-electron chi connectivity index (χ2n) is 6.20. The summed E-state index contributed by atoms with van der Waals surface area (Å²) in [6, 6.07) is 12.5. The average molecular weight is 399 g/mol. The standard InChI is InChI=1S/C21H25N3O5/c1-2-29-12-4-11-22-19(25)17-5-3-6-18(13-17)24-21(28)23-14-15-7-9-16(10-8-15)20(26)27/h3,5-10,13H,2,4,11-12,14H2,1H3,(H,22,25)(H,26,27)(H2,23,24,28). The van der Waals surface area contributed by atoms with Crippen LogP contribution < -0.4 is 16.0 Å². The van der Waals surface area contributed by atoms with Crippen molar-refractivity contribution in [3.8, 4) is 0 Å². The van der Waals surface area contributed by atoms with E-state index in [4.69, 9.17) is 9.84 Å². The molecule has 0 bridgehead atoms. The van der Waals surface area contributed by atoms with E-state index in [-0.39, 0.29) is 18.0 Å². The summed E-state index contributed by atoms with van der Waals surface area (Å²) >= 11 is 0. The Morgan fingerprint density at radius 1 is 1.00 bits per heavy atom. The van der Waals surface area contributed by atoms with Crippen molar-refractivity contribution in [2.24, 2.45) is 0 Å². The molecule has 0 aromatic heterocycles. The van der Waals surface area contributed by atoms with Crippen molar-refractivity contribution >= 4 is 23.6 Å². The van der Waals surface area contributed by atoms with Gasteiger partial charge >= 0.3 is 12.0 Å². The first kappa shape index (κ1) is 21.9. The lowest BCUT2D eigenvalue weighted by atomic mass is 10.1. The van der Waals surface area contributed by atoms with Crippen LogP contribution in [0.1, 0.15) is 39.6 Å². The summed E-state index contributed by atoms with van der Waals surface area (Å²) in [6.07, 6.45) is 0.730. The summed E-state index contributed by atoms with van der Waals surface area (Å²) in [6.45, 7) is 3.92. The Morgan fingerprint density at radius 2 is 1.76 bits per heavy atom. The highest BCUT2D eigenvalue weighted by atomic mass is 16.5. The number of carbonyl (C=O) groups excluding carboxylic acids is 2. The SMILES string of the molecule is CCOCCCNC(=O)c1cccc(NC(=O)NCc2ccc(C(=O)O)cc2)c1. The summed E-state index contributed by atoms with van der Waals surface area (Å²) in [5.41, 5.74) is 1.89. The van der Waals surface area contributed by atoms with E-state index in [0.717, 1.165) is 12.0 Å². The van der Waals surface area contributed by atoms with Crippen molar-refractivity contribution in [1.29, 1.82) is 0 Å². The molecule has 0 radical (unpaired) electrons. The number of benzene rings is 2. The number of carbonyl (C=O) groups is 3. The van der Waals surface area contributed by atoms with Crippen LogP contribution in [-0.2, 0) is 11.3 Å². The number of carboxylic acids is 1. The fraction of sp³-hybridized carbons (Fsp3) is 0.286. The average Bonchev–Trinajstić information content (AvgIpc) is 2.72. The minimum Gasteiger partial charge on any atom is -0.478 e. The molecule has 0 aliphatic heterocycles. The van der Waals surface area contributed by atoms with E-state index in [1.165, 1.54) is 12.1 Å². The highest BCUT2D eigenvalue weighted by Gasteiger charge is 2.08. The fourth-order valence-corrected chi connectivity index (χ4v) is 2.48. The molecule has 0 fully saturated rings. The van der Waals surface area contributed by atoms with Gasteiger partial charge in [0.15, 0.2) is 0 Å². The molecule has 0 aliphatic carbocycles. The van der Waals surface area contributed by atoms with Gasteiger partial charge in [-0.15, -0.1) is 0 Å². The maximum absolute atomic E-state index is 12.2. The van der Waals surface area contributed by atoms with Crippen molar-refractivity contribution in [2.75, 3.05) is 25.1 Å². The molecule has 2 aromatic rings. The molecule has 0 aliphatic rings. The number of hydrogen-bond acceptors (Lipinski definition) is 4. The van der Waals surface area contributed by atoms with Gasteiger partial charge in [-0.1, -0.05) is 18.2 Å². The van der Waals surface area contributed by atoms with Gasteiger partial charge in [-0.3, -0.25) is 4.79 Å². The molecule has 8 nitrogen and oxygen atoms in total. The van der Waals surface area contributed by atoms with Crippen molar-refractivity contribution in [2.45, 2.75) is 19.9 Å². The number of nitrogens with one attached hydrogen (secondary N) is 3. The Kier molecular flexibility index (Phi) is 8.65. The van der Waals surface area contributed by atoms with Gasteiger partial charge in [0.2, 0.25) is 0 Å². The molecule has 0 saturated heterocycles. The molecule has 0 atom stereocenters. The van der Waals surface area contributed by atoms with Crippen molar-refractivity contribution in [3.63, 3.8) is 0 Å². The topological polar surface area (TPSA) is 117 Å². The number of carboxylic acid groups (broad SMARTS) is 1. The molecule has 0 saturated carbocycles. The Morgan fingerprint density at radius 3 is 2.45 bits per heavy atom. The van der Waals surface area contributed by atoms with Gasteiger partial charge in [0.25, 0.3) is 5.91 Å². The number of urea groups is 1. The normalized spacial score (nSPS) is 10.2. The summed E-state index contributed by atoms with van der Waals surface area (Å²) in [5, 5.41) is 17.1. The third-order valence-electron chi connectivity index (χ3n) is 3.99. The highest BCUT2D eigenvalue weighted by molar-refractivity contribution is 5.96. The predicted octanol–water partition coefficient (Wildman–Crippen LogP) is 2.86. The number of anilines is 1. The third kappa shape index (κ3) is 7.63. The van der Waals surface area contributed by atoms with Crippen LogP contribution in [-0.4, -0.2) is 42.8 Å². The molecule has 0 unspecified atom stereocenters. The highest BCUT2D eigenvalue weighted by Crippen LogP contribution is 2.11. The fourth-order valence-electron chi connectivity index (χ4n) is 2.48. The van der Waals surface area contributed by atoms with Crippen LogP contribution >= 0.6 is 0 Å². The van der Waals surface area contributed by atoms with Gasteiger partial charge in [0.1, 0.15) is 0 Å². The molecule has 2 rings (SSSR count). The van der Waals surface area contributed by atoms with Gasteiger partial charge in [-0.25, -0.2) is 9.59 Å². The number of ether oxygens (including phenoxy) is 1. The first-order valence-electron chi connectivity index (χ1n) is 9.32. The zero-order valence-corrected chi connectivity index (χ0v) is 16.2. The van der Waals surface area contributed by atoms with E-state index < -0.39 is 12.0 Å². The maximum Gasteiger partial charge on any atom is 0.335 e. The van der Waals surface area contributed by atoms with Gasteiger partial charge < -0.3 is 25.8 Å². The molecule has 3 amide bonds. The number of aromatic carboxylic acids is 1. The zero-order valence-electron chi connectivity index (χ0n) is 16.2. The quantitative estimate of drug-likeness (QED) is 0.459. The zero-order chi connectivity index (χ0) is 21.1. The van der Waals surface area contributed by atoms with Gasteiger partial charge in [-0.05, 0) is 49.2 Å². The molecule has 8 heteroatoms. The Balaban J connectivity index is 1.81. The van der Waals surface area contributed by atoms with Gasteiger partial charge in [0.05, 0.1) is 5.56 Å². The van der Waals surface area contributed by atoms with E-state index in [2.05, 4.69) is 16.0 Å². The smallest absolute Gasteiger partial charge is 0.335 e. The predicted molar refractivity (Wildman–Crippen MR) is 109 cm³/mol. The summed E-state index contributed by atoms with van der Waals surface area (Å²) < 4.78 is 5.22. The lowest BCUT2D eigenvalue weighted by Gasteiger charge is -2.10. The van der Waals surface area contributed by atoms with Crippen LogP contribution in [0.3, 0.4) is 0 Å². The van der Waals surface area contributed by atoms with Crippen LogP contribution in [0, 0.1) is 0 Å². The lowest BCUT2D eigenvalue weighted by Crippen LogP contribution is -2.28. The molecule has 4 N–H and O–H groups in total. The Bertz CT molecular complexity index is 836. The van der Waals surface area contributed by atoms with E-state index in [1.54, 1.807) is 36.4 Å². The van der Waals surface area contributed by atoms with E-state index in [0.29, 0.717) is 31.0 Å². The molecular weight excluding hydrogens is 374 g/mol. The van der Waals surface area contributed by atoms with Crippen LogP contribution in [0.2, 0.25) is 0 Å². The molecule has 0 heterocycles. The Labute approximate surface area is 169 Å². The second kappa shape index (κ2) is 11.5.